The van der Waals surface area contributed by atoms with Crippen LogP contribution in [0.5, 0.6) is 5.75 Å². The highest BCUT2D eigenvalue weighted by molar-refractivity contribution is 5.92. The number of carbonyl (C=O) groups is 1. The lowest BCUT2D eigenvalue weighted by molar-refractivity contribution is -0.911. The first kappa shape index (κ1) is 19.9. The summed E-state index contributed by atoms with van der Waals surface area (Å²) in [6.07, 6.45) is 1.28. The van der Waals surface area contributed by atoms with Crippen molar-refractivity contribution in [2.45, 2.75) is 25.9 Å². The highest BCUT2D eigenvalue weighted by atomic mass is 16.3. The molecule has 0 aliphatic carbocycles. The summed E-state index contributed by atoms with van der Waals surface area (Å²) in [7, 11) is 2.14. The molecule has 0 bridgehead atoms. The van der Waals surface area contributed by atoms with E-state index in [0.717, 1.165) is 36.0 Å². The number of nitrogens with two attached hydrogens (primary N) is 1. The van der Waals surface area contributed by atoms with E-state index in [4.69, 9.17) is 5.73 Å². The minimum absolute atomic E-state index is 0.173. The zero-order valence-corrected chi connectivity index (χ0v) is 15.6. The summed E-state index contributed by atoms with van der Waals surface area (Å²) >= 11 is 0. The zero-order valence-electron chi connectivity index (χ0n) is 15.6. The summed E-state index contributed by atoms with van der Waals surface area (Å²) < 4.78 is 0.746. The number of phenols is 1. The van der Waals surface area contributed by atoms with Gasteiger partial charge in [-0.1, -0.05) is 24.3 Å². The van der Waals surface area contributed by atoms with Crippen molar-refractivity contribution in [2.24, 2.45) is 5.73 Å². The molecule has 26 heavy (non-hydrogen) atoms. The number of hydrogen-bond acceptors (Lipinski definition) is 3. The molecule has 0 saturated carbocycles. The second kappa shape index (κ2) is 8.83. The van der Waals surface area contributed by atoms with Gasteiger partial charge in [0.25, 0.3) is 0 Å². The lowest BCUT2D eigenvalue weighted by Gasteiger charge is -2.35. The molecule has 2 unspecified atom stereocenters. The van der Waals surface area contributed by atoms with Crippen LogP contribution in [0.25, 0.3) is 0 Å². The van der Waals surface area contributed by atoms with Gasteiger partial charge < -0.3 is 20.4 Å². The number of likely N-dealkylation sites (N-methyl/N-ethyl adjacent to an activating group) is 1. The van der Waals surface area contributed by atoms with Crippen LogP contribution in [0, 0.1) is 0 Å². The molecule has 5 nitrogen and oxygen atoms in total. The van der Waals surface area contributed by atoms with Gasteiger partial charge in [-0.05, 0) is 48.7 Å². The number of amides is 1. The lowest BCUT2D eigenvalue weighted by atomic mass is 10.1. The van der Waals surface area contributed by atoms with Crippen LogP contribution in [0.4, 0.5) is 0 Å². The Morgan fingerprint density at radius 2 is 1.88 bits per heavy atom. The summed E-state index contributed by atoms with van der Waals surface area (Å²) in [5, 5.41) is 20.1. The molecule has 0 aliphatic heterocycles. The molecule has 5 heteroatoms. The van der Waals surface area contributed by atoms with Crippen molar-refractivity contribution < 1.29 is 19.5 Å². The molecule has 0 heterocycles. The molecule has 2 aromatic carbocycles. The average Bonchev–Trinajstić information content (AvgIpc) is 2.62. The van der Waals surface area contributed by atoms with E-state index in [1.165, 1.54) is 5.56 Å². The van der Waals surface area contributed by atoms with Crippen molar-refractivity contribution in [3.05, 3.63) is 65.2 Å². The standard InChI is InChI=1S/C21H28N2O3/c1-3-23(2,15-20(25)18-7-4-8-19(24)14-18)13-5-6-16-9-11-17(12-10-16)21(22)26/h4,7-12,14,20,25H,3,5-6,13,15H2,1-2H3,(H2-,22,24,26)/p+1. The van der Waals surface area contributed by atoms with E-state index < -0.39 is 12.0 Å². The van der Waals surface area contributed by atoms with Gasteiger partial charge in [0, 0.05) is 12.0 Å². The first-order valence-electron chi connectivity index (χ1n) is 9.02. The normalized spacial score (nSPS) is 14.6. The number of quaternary nitrogens is 1. The monoisotopic (exact) mass is 357 g/mol. The molecule has 2 rings (SSSR count). The molecular weight excluding hydrogens is 328 g/mol. The van der Waals surface area contributed by atoms with Crippen LogP contribution in [0.2, 0.25) is 0 Å². The van der Waals surface area contributed by atoms with Gasteiger partial charge in [-0.15, -0.1) is 0 Å². The van der Waals surface area contributed by atoms with Gasteiger partial charge in [0.2, 0.25) is 5.91 Å². The van der Waals surface area contributed by atoms with Crippen molar-refractivity contribution in [3.63, 3.8) is 0 Å². The Bertz CT molecular complexity index is 730. The van der Waals surface area contributed by atoms with Crippen molar-refractivity contribution >= 4 is 5.91 Å². The number of carbonyl (C=O) groups excluding carboxylic acids is 1. The molecule has 0 aliphatic rings. The SMILES string of the molecule is CC[N+](C)(CCCc1ccc(C(N)=O)cc1)CC(O)c1cccc(O)c1. The average molecular weight is 357 g/mol. The summed E-state index contributed by atoms with van der Waals surface area (Å²) in [5.74, 6) is -0.237. The van der Waals surface area contributed by atoms with E-state index in [2.05, 4.69) is 14.0 Å². The molecular formula is C21H29N2O3+. The third kappa shape index (κ3) is 5.58. The van der Waals surface area contributed by atoms with Crippen LogP contribution in [0.1, 0.15) is 40.9 Å². The fraction of sp³-hybridized carbons (Fsp3) is 0.381. The summed E-state index contributed by atoms with van der Waals surface area (Å²) in [5.41, 5.74) is 7.70. The Kier molecular flexibility index (Phi) is 6.77. The number of aliphatic hydroxyl groups is 1. The number of aromatic hydroxyl groups is 1. The molecule has 140 valence electrons. The van der Waals surface area contributed by atoms with Gasteiger partial charge in [-0.25, -0.2) is 0 Å². The van der Waals surface area contributed by atoms with Crippen LogP contribution < -0.4 is 5.73 Å². The molecule has 0 aromatic heterocycles. The Hall–Kier alpha value is -2.37. The lowest BCUT2D eigenvalue weighted by Crippen LogP contribution is -2.47. The third-order valence-electron chi connectivity index (χ3n) is 5.03. The third-order valence-corrected chi connectivity index (χ3v) is 5.03. The van der Waals surface area contributed by atoms with Gasteiger partial charge >= 0.3 is 0 Å². The maximum Gasteiger partial charge on any atom is 0.248 e. The fourth-order valence-corrected chi connectivity index (χ4v) is 3.13. The molecule has 0 saturated heterocycles. The van der Waals surface area contributed by atoms with Crippen LogP contribution in [-0.2, 0) is 6.42 Å². The highest BCUT2D eigenvalue weighted by Gasteiger charge is 2.24. The van der Waals surface area contributed by atoms with E-state index >= 15 is 0 Å². The second-order valence-electron chi connectivity index (χ2n) is 7.12. The summed E-state index contributed by atoms with van der Waals surface area (Å²) in [6.45, 7) is 4.57. The van der Waals surface area contributed by atoms with Gasteiger partial charge in [0.15, 0.2) is 0 Å². The molecule has 0 fully saturated rings. The number of primary amides is 1. The number of nitrogens with zero attached hydrogens (tertiary/aromatic N) is 1. The topological polar surface area (TPSA) is 83.6 Å². The molecule has 2 aromatic rings. The van der Waals surface area contributed by atoms with Crippen molar-refractivity contribution in [2.75, 3.05) is 26.7 Å². The fourth-order valence-electron chi connectivity index (χ4n) is 3.13. The van der Waals surface area contributed by atoms with E-state index in [9.17, 15) is 15.0 Å². The first-order chi connectivity index (χ1) is 12.3. The highest BCUT2D eigenvalue weighted by Crippen LogP contribution is 2.22. The van der Waals surface area contributed by atoms with Crippen LogP contribution in [-0.4, -0.2) is 47.3 Å². The predicted octanol–water partition coefficient (Wildman–Crippen LogP) is 2.62. The molecule has 2 atom stereocenters. The van der Waals surface area contributed by atoms with E-state index in [-0.39, 0.29) is 5.75 Å². The number of benzene rings is 2. The maximum atomic E-state index is 11.1. The van der Waals surface area contributed by atoms with Gasteiger partial charge in [0.05, 0.1) is 20.1 Å². The molecule has 4 N–H and O–H groups in total. The first-order valence-corrected chi connectivity index (χ1v) is 9.02. The van der Waals surface area contributed by atoms with Crippen molar-refractivity contribution in [3.8, 4) is 5.75 Å². The van der Waals surface area contributed by atoms with E-state index in [1.54, 1.807) is 30.3 Å². The quantitative estimate of drug-likeness (QED) is 0.603. The molecule has 0 radical (unpaired) electrons. The number of rotatable bonds is 9. The maximum absolute atomic E-state index is 11.1. The smallest absolute Gasteiger partial charge is 0.248 e. The Labute approximate surface area is 155 Å². The number of aryl methyl sites for hydroxylation is 1. The number of phenolic OH excluding ortho intramolecular Hbond substituents is 1. The minimum atomic E-state index is -0.609. The number of hydrogen-bond donors (Lipinski definition) is 3. The van der Waals surface area contributed by atoms with Gasteiger partial charge in [-0.3, -0.25) is 4.79 Å². The zero-order chi connectivity index (χ0) is 19.2. The number of aliphatic hydroxyl groups excluding tert-OH is 1. The summed E-state index contributed by atoms with van der Waals surface area (Å²) in [4.78, 5) is 11.1. The Morgan fingerprint density at radius 3 is 2.46 bits per heavy atom. The van der Waals surface area contributed by atoms with Crippen LogP contribution in [0.15, 0.2) is 48.5 Å². The van der Waals surface area contributed by atoms with Gasteiger partial charge in [-0.2, -0.15) is 0 Å². The molecule has 0 spiro atoms. The largest absolute Gasteiger partial charge is 0.508 e. The second-order valence-corrected chi connectivity index (χ2v) is 7.12. The van der Waals surface area contributed by atoms with E-state index in [0.29, 0.717) is 12.1 Å². The predicted molar refractivity (Wildman–Crippen MR) is 103 cm³/mol. The van der Waals surface area contributed by atoms with Crippen molar-refractivity contribution in [1.29, 1.82) is 0 Å². The molecule has 1 amide bonds. The Morgan fingerprint density at radius 1 is 1.19 bits per heavy atom. The Balaban J connectivity index is 1.91. The van der Waals surface area contributed by atoms with Crippen LogP contribution >= 0.6 is 0 Å². The van der Waals surface area contributed by atoms with Crippen molar-refractivity contribution in [1.82, 2.24) is 0 Å². The van der Waals surface area contributed by atoms with E-state index in [1.807, 2.05) is 18.2 Å². The van der Waals surface area contributed by atoms with Gasteiger partial charge in [0.1, 0.15) is 18.4 Å². The summed E-state index contributed by atoms with van der Waals surface area (Å²) in [6, 6.07) is 14.2. The van der Waals surface area contributed by atoms with Crippen LogP contribution in [0.3, 0.4) is 0 Å². The minimum Gasteiger partial charge on any atom is -0.508 e.